The Hall–Kier alpha value is -2.03. The molecule has 0 aromatic rings. The minimum Gasteiger partial charge on any atom is -0.467 e. The van der Waals surface area contributed by atoms with Gasteiger partial charge >= 0.3 is 5.97 Å². The second kappa shape index (κ2) is 7.41. The minimum absolute atomic E-state index is 0.151. The standard InChI is InChI=1S/C13H18N2O4/c1-3-4-5-6-10(13(18)19-2)15-12(17)9-7-8-11(16)14-9/h1,9-10H,4-8H2,2H3,(H,14,16)(H,15,17)/t9-,10-/m0/s1. The van der Waals surface area contributed by atoms with Gasteiger partial charge in [0.15, 0.2) is 0 Å². The van der Waals surface area contributed by atoms with E-state index in [0.29, 0.717) is 32.1 Å². The maximum absolute atomic E-state index is 11.9. The van der Waals surface area contributed by atoms with Crippen LogP contribution in [-0.4, -0.2) is 37.0 Å². The van der Waals surface area contributed by atoms with Gasteiger partial charge in [-0.1, -0.05) is 0 Å². The second-order valence-electron chi connectivity index (χ2n) is 4.34. The molecule has 2 N–H and O–H groups in total. The molecule has 2 amide bonds. The third-order valence-electron chi connectivity index (χ3n) is 2.93. The first-order valence-electron chi connectivity index (χ1n) is 6.19. The van der Waals surface area contributed by atoms with Crippen molar-refractivity contribution < 1.29 is 19.1 Å². The van der Waals surface area contributed by atoms with Crippen molar-refractivity contribution in [2.75, 3.05) is 7.11 Å². The Bertz CT molecular complexity index is 400. The number of methoxy groups -OCH3 is 1. The zero-order valence-electron chi connectivity index (χ0n) is 10.9. The molecule has 0 aromatic heterocycles. The van der Waals surface area contributed by atoms with Crippen LogP contribution in [0.5, 0.6) is 0 Å². The van der Waals surface area contributed by atoms with Crippen LogP contribution in [0.2, 0.25) is 0 Å². The summed E-state index contributed by atoms with van der Waals surface area (Å²) < 4.78 is 4.64. The maximum atomic E-state index is 11.9. The lowest BCUT2D eigenvalue weighted by molar-refractivity contribution is -0.145. The van der Waals surface area contributed by atoms with E-state index in [1.165, 1.54) is 7.11 Å². The quantitative estimate of drug-likeness (QED) is 0.393. The summed E-state index contributed by atoms with van der Waals surface area (Å²) in [7, 11) is 1.26. The van der Waals surface area contributed by atoms with E-state index in [-0.39, 0.29) is 11.8 Å². The van der Waals surface area contributed by atoms with Crippen LogP contribution in [0.25, 0.3) is 0 Å². The van der Waals surface area contributed by atoms with Gasteiger partial charge in [0, 0.05) is 12.8 Å². The monoisotopic (exact) mass is 266 g/mol. The average Bonchev–Trinajstić information content (AvgIpc) is 2.83. The summed E-state index contributed by atoms with van der Waals surface area (Å²) in [6.07, 6.45) is 7.49. The molecule has 0 aliphatic carbocycles. The Balaban J connectivity index is 2.51. The van der Waals surface area contributed by atoms with Gasteiger partial charge in [0.2, 0.25) is 11.8 Å². The molecule has 0 unspecified atom stereocenters. The molecule has 1 aliphatic rings. The topological polar surface area (TPSA) is 84.5 Å². The highest BCUT2D eigenvalue weighted by molar-refractivity contribution is 5.93. The summed E-state index contributed by atoms with van der Waals surface area (Å²) in [5, 5.41) is 5.14. The van der Waals surface area contributed by atoms with Crippen molar-refractivity contribution in [1.82, 2.24) is 10.6 Å². The summed E-state index contributed by atoms with van der Waals surface area (Å²) in [5.41, 5.74) is 0. The van der Waals surface area contributed by atoms with Gasteiger partial charge in [-0.2, -0.15) is 0 Å². The van der Waals surface area contributed by atoms with Crippen molar-refractivity contribution in [3.8, 4) is 12.3 Å². The molecule has 1 fully saturated rings. The van der Waals surface area contributed by atoms with E-state index in [0.717, 1.165) is 0 Å². The molecular formula is C13H18N2O4. The lowest BCUT2D eigenvalue weighted by Gasteiger charge is -2.18. The summed E-state index contributed by atoms with van der Waals surface area (Å²) >= 11 is 0. The van der Waals surface area contributed by atoms with E-state index < -0.39 is 18.1 Å². The van der Waals surface area contributed by atoms with Crippen LogP contribution >= 0.6 is 0 Å². The van der Waals surface area contributed by atoms with E-state index in [4.69, 9.17) is 6.42 Å². The molecule has 19 heavy (non-hydrogen) atoms. The van der Waals surface area contributed by atoms with Crippen LogP contribution < -0.4 is 10.6 Å². The van der Waals surface area contributed by atoms with Gasteiger partial charge in [0.25, 0.3) is 0 Å². The van der Waals surface area contributed by atoms with E-state index in [2.05, 4.69) is 21.3 Å². The third-order valence-corrected chi connectivity index (χ3v) is 2.93. The smallest absolute Gasteiger partial charge is 0.328 e. The summed E-state index contributed by atoms with van der Waals surface area (Å²) in [6.45, 7) is 0. The highest BCUT2D eigenvalue weighted by atomic mass is 16.5. The van der Waals surface area contributed by atoms with Crippen LogP contribution in [0.1, 0.15) is 32.1 Å². The normalized spacial score (nSPS) is 19.2. The van der Waals surface area contributed by atoms with Gasteiger partial charge in [0.05, 0.1) is 7.11 Å². The summed E-state index contributed by atoms with van der Waals surface area (Å²) in [6, 6.07) is -1.28. The molecule has 2 atom stereocenters. The van der Waals surface area contributed by atoms with Crippen LogP contribution in [0.3, 0.4) is 0 Å². The number of hydrogen-bond donors (Lipinski definition) is 2. The van der Waals surface area contributed by atoms with Gasteiger partial charge in [-0.15, -0.1) is 12.3 Å². The van der Waals surface area contributed by atoms with Gasteiger partial charge in [-0.05, 0) is 19.3 Å². The first kappa shape index (κ1) is 15.0. The molecule has 0 radical (unpaired) electrons. The number of nitrogens with one attached hydrogen (secondary N) is 2. The molecule has 104 valence electrons. The van der Waals surface area contributed by atoms with E-state index in [9.17, 15) is 14.4 Å². The Labute approximate surface area is 112 Å². The highest BCUT2D eigenvalue weighted by Crippen LogP contribution is 2.08. The molecule has 6 nitrogen and oxygen atoms in total. The number of carbonyl (C=O) groups is 3. The molecular weight excluding hydrogens is 248 g/mol. The van der Waals surface area contributed by atoms with Gasteiger partial charge in [0.1, 0.15) is 12.1 Å². The Kier molecular flexibility index (Phi) is 5.86. The van der Waals surface area contributed by atoms with Crippen molar-refractivity contribution in [2.24, 2.45) is 0 Å². The SMILES string of the molecule is C#CCCC[C@H](NC(=O)[C@@H]1CCC(=O)N1)C(=O)OC. The van der Waals surface area contributed by atoms with Crippen LogP contribution in [0, 0.1) is 12.3 Å². The van der Waals surface area contributed by atoms with Gasteiger partial charge in [-0.25, -0.2) is 4.79 Å². The van der Waals surface area contributed by atoms with Crippen molar-refractivity contribution in [3.05, 3.63) is 0 Å². The first-order chi connectivity index (χ1) is 9.08. The Morgan fingerprint density at radius 1 is 1.63 bits per heavy atom. The molecule has 1 rings (SSSR count). The number of terminal acetylenes is 1. The van der Waals surface area contributed by atoms with E-state index in [1.54, 1.807) is 0 Å². The maximum Gasteiger partial charge on any atom is 0.328 e. The number of amides is 2. The van der Waals surface area contributed by atoms with Gasteiger partial charge < -0.3 is 15.4 Å². The van der Waals surface area contributed by atoms with Crippen LogP contribution in [-0.2, 0) is 19.1 Å². The molecule has 0 aromatic carbocycles. The van der Waals surface area contributed by atoms with Crippen molar-refractivity contribution in [3.63, 3.8) is 0 Å². The number of hydrogen-bond acceptors (Lipinski definition) is 4. The lowest BCUT2D eigenvalue weighted by atomic mass is 10.1. The molecule has 6 heteroatoms. The summed E-state index contributed by atoms with van der Waals surface area (Å²) in [5.74, 6) is 1.46. The average molecular weight is 266 g/mol. The van der Waals surface area contributed by atoms with Crippen molar-refractivity contribution in [1.29, 1.82) is 0 Å². The predicted octanol–water partition coefficient (Wildman–Crippen LogP) is -0.274. The summed E-state index contributed by atoms with van der Waals surface area (Å²) in [4.78, 5) is 34.5. The van der Waals surface area contributed by atoms with Crippen molar-refractivity contribution in [2.45, 2.75) is 44.2 Å². The third kappa shape index (κ3) is 4.62. The number of carbonyl (C=O) groups excluding carboxylic acids is 3. The zero-order chi connectivity index (χ0) is 14.3. The number of ether oxygens (including phenoxy) is 1. The van der Waals surface area contributed by atoms with E-state index in [1.807, 2.05) is 0 Å². The number of rotatable bonds is 6. The highest BCUT2D eigenvalue weighted by Gasteiger charge is 2.30. The predicted molar refractivity (Wildman–Crippen MR) is 67.8 cm³/mol. The fourth-order valence-corrected chi connectivity index (χ4v) is 1.88. The van der Waals surface area contributed by atoms with Gasteiger partial charge in [-0.3, -0.25) is 9.59 Å². The van der Waals surface area contributed by atoms with Crippen molar-refractivity contribution >= 4 is 17.8 Å². The molecule has 1 aliphatic heterocycles. The van der Waals surface area contributed by atoms with E-state index >= 15 is 0 Å². The second-order valence-corrected chi connectivity index (χ2v) is 4.34. The number of unbranched alkanes of at least 4 members (excludes halogenated alkanes) is 1. The zero-order valence-corrected chi connectivity index (χ0v) is 10.9. The van der Waals surface area contributed by atoms with Crippen LogP contribution in [0.4, 0.5) is 0 Å². The first-order valence-corrected chi connectivity index (χ1v) is 6.19. The molecule has 1 saturated heterocycles. The molecule has 0 bridgehead atoms. The van der Waals surface area contributed by atoms with Crippen LogP contribution in [0.15, 0.2) is 0 Å². The molecule has 1 heterocycles. The minimum atomic E-state index is -0.719. The Morgan fingerprint density at radius 3 is 2.89 bits per heavy atom. The number of esters is 1. The largest absolute Gasteiger partial charge is 0.467 e. The fourth-order valence-electron chi connectivity index (χ4n) is 1.88. The fraction of sp³-hybridized carbons (Fsp3) is 0.615. The molecule has 0 saturated carbocycles. The Morgan fingerprint density at radius 2 is 2.37 bits per heavy atom. The molecule has 0 spiro atoms. The lowest BCUT2D eigenvalue weighted by Crippen LogP contribution is -2.49.